The molecule has 0 bridgehead atoms. The van der Waals surface area contributed by atoms with Gasteiger partial charge in [0.2, 0.25) is 0 Å². The number of benzene rings is 3. The van der Waals surface area contributed by atoms with Gasteiger partial charge >= 0.3 is 12.1 Å². The van der Waals surface area contributed by atoms with Crippen molar-refractivity contribution in [3.63, 3.8) is 0 Å². The average molecular weight is 501 g/mol. The number of carboxylic acids is 1. The van der Waals surface area contributed by atoms with Crippen LogP contribution in [-0.2, 0) is 0 Å². The van der Waals surface area contributed by atoms with E-state index >= 15 is 0 Å². The van der Waals surface area contributed by atoms with Crippen molar-refractivity contribution in [1.82, 2.24) is 10.2 Å². The Labute approximate surface area is 214 Å². The molecular formula is C29H28N2O4S. The molecule has 1 fully saturated rings. The van der Waals surface area contributed by atoms with Crippen LogP contribution in [-0.4, -0.2) is 41.7 Å². The van der Waals surface area contributed by atoms with Gasteiger partial charge in [-0.25, -0.2) is 9.59 Å². The SMILES string of the molecule is C[C@@H](NC[C@H]1CN(C(=O)Oc2ccc(C(=O)O)cc2)C[C@@H]1c1ccccc1)c1csc2ccccc12. The number of carbonyl (C=O) groups is 2. The van der Waals surface area contributed by atoms with E-state index in [1.54, 1.807) is 16.2 Å². The summed E-state index contributed by atoms with van der Waals surface area (Å²) in [5.74, 6) is -0.271. The summed E-state index contributed by atoms with van der Waals surface area (Å²) in [5.41, 5.74) is 2.66. The second-order valence-electron chi connectivity index (χ2n) is 9.20. The minimum absolute atomic E-state index is 0.152. The van der Waals surface area contributed by atoms with E-state index in [-0.39, 0.29) is 23.4 Å². The van der Waals surface area contributed by atoms with Crippen molar-refractivity contribution in [2.24, 2.45) is 5.92 Å². The van der Waals surface area contributed by atoms with E-state index < -0.39 is 12.1 Å². The van der Waals surface area contributed by atoms with E-state index in [0.29, 0.717) is 18.8 Å². The van der Waals surface area contributed by atoms with Crippen molar-refractivity contribution in [2.75, 3.05) is 19.6 Å². The van der Waals surface area contributed by atoms with Gasteiger partial charge in [0, 0.05) is 36.3 Å². The van der Waals surface area contributed by atoms with Gasteiger partial charge < -0.3 is 20.1 Å². The van der Waals surface area contributed by atoms with E-state index in [1.807, 2.05) is 18.2 Å². The summed E-state index contributed by atoms with van der Waals surface area (Å²) in [6.45, 7) is 4.10. The number of ether oxygens (including phenoxy) is 1. The van der Waals surface area contributed by atoms with Gasteiger partial charge in [-0.2, -0.15) is 0 Å². The third-order valence-electron chi connectivity index (χ3n) is 6.90. The number of fused-ring (bicyclic) bond motifs is 1. The van der Waals surface area contributed by atoms with Crippen LogP contribution in [0, 0.1) is 5.92 Å². The number of nitrogens with zero attached hydrogens (tertiary/aromatic N) is 1. The lowest BCUT2D eigenvalue weighted by atomic mass is 9.88. The quantitative estimate of drug-likeness (QED) is 0.318. The number of carboxylic acid groups (broad SMARTS) is 1. The Morgan fingerprint density at radius 3 is 2.50 bits per heavy atom. The van der Waals surface area contributed by atoms with Crippen molar-refractivity contribution in [1.29, 1.82) is 0 Å². The topological polar surface area (TPSA) is 78.9 Å². The maximum absolute atomic E-state index is 13.0. The van der Waals surface area contributed by atoms with Crippen molar-refractivity contribution in [3.05, 3.63) is 101 Å². The highest BCUT2D eigenvalue weighted by Gasteiger charge is 2.37. The van der Waals surface area contributed by atoms with Crippen LogP contribution < -0.4 is 10.1 Å². The average Bonchev–Trinajstić information content (AvgIpc) is 3.53. The summed E-state index contributed by atoms with van der Waals surface area (Å²) in [6.07, 6.45) is -0.418. The second kappa shape index (κ2) is 10.5. The fraction of sp³-hybridized carbons (Fsp3) is 0.241. The molecule has 1 aromatic heterocycles. The predicted molar refractivity (Wildman–Crippen MR) is 142 cm³/mol. The monoisotopic (exact) mass is 500 g/mol. The number of likely N-dealkylation sites (tertiary alicyclic amines) is 1. The van der Waals surface area contributed by atoms with Gasteiger partial charge in [-0.1, -0.05) is 48.5 Å². The van der Waals surface area contributed by atoms with Gasteiger partial charge in [0.15, 0.2) is 0 Å². The largest absolute Gasteiger partial charge is 0.478 e. The first-order valence-electron chi connectivity index (χ1n) is 12.0. The van der Waals surface area contributed by atoms with Crippen molar-refractivity contribution < 1.29 is 19.4 Å². The Kier molecular flexibility index (Phi) is 7.02. The van der Waals surface area contributed by atoms with Gasteiger partial charge in [0.25, 0.3) is 0 Å². The number of aromatic carboxylic acids is 1. The van der Waals surface area contributed by atoms with Crippen molar-refractivity contribution in [2.45, 2.75) is 18.9 Å². The van der Waals surface area contributed by atoms with Crippen LogP contribution in [0.25, 0.3) is 10.1 Å². The zero-order chi connectivity index (χ0) is 25.1. The molecule has 36 heavy (non-hydrogen) atoms. The first-order valence-corrected chi connectivity index (χ1v) is 12.9. The molecule has 0 spiro atoms. The molecule has 3 aromatic carbocycles. The Balaban J connectivity index is 1.28. The summed E-state index contributed by atoms with van der Waals surface area (Å²) >= 11 is 1.76. The van der Waals surface area contributed by atoms with E-state index in [9.17, 15) is 9.59 Å². The van der Waals surface area contributed by atoms with Gasteiger partial charge in [-0.15, -0.1) is 11.3 Å². The van der Waals surface area contributed by atoms with Crippen LogP contribution in [0.3, 0.4) is 0 Å². The molecule has 4 aromatic rings. The Morgan fingerprint density at radius 1 is 1.03 bits per heavy atom. The molecule has 0 radical (unpaired) electrons. The summed E-state index contributed by atoms with van der Waals surface area (Å²) < 4.78 is 6.86. The van der Waals surface area contributed by atoms with Crippen LogP contribution in [0.15, 0.2) is 84.2 Å². The molecule has 2 N–H and O–H groups in total. The predicted octanol–water partition coefficient (Wildman–Crippen LogP) is 6.16. The molecule has 0 saturated carbocycles. The van der Waals surface area contributed by atoms with Crippen LogP contribution >= 0.6 is 11.3 Å². The summed E-state index contributed by atoms with van der Waals surface area (Å²) in [5, 5.41) is 16.3. The molecule has 0 aliphatic carbocycles. The molecule has 0 unspecified atom stereocenters. The van der Waals surface area contributed by atoms with Crippen molar-refractivity contribution in [3.8, 4) is 5.75 Å². The first-order chi connectivity index (χ1) is 17.5. The van der Waals surface area contributed by atoms with Crippen LogP contribution in [0.1, 0.15) is 40.4 Å². The normalized spacial score (nSPS) is 18.3. The third-order valence-corrected chi connectivity index (χ3v) is 7.88. The summed E-state index contributed by atoms with van der Waals surface area (Å²) in [6, 6.07) is 24.8. The molecule has 2 heterocycles. The van der Waals surface area contributed by atoms with E-state index in [4.69, 9.17) is 9.84 Å². The zero-order valence-electron chi connectivity index (χ0n) is 20.0. The maximum atomic E-state index is 13.0. The van der Waals surface area contributed by atoms with Crippen LogP contribution in [0.2, 0.25) is 0 Å². The molecule has 1 amide bonds. The molecular weight excluding hydrogens is 472 g/mol. The highest BCUT2D eigenvalue weighted by molar-refractivity contribution is 7.17. The lowest BCUT2D eigenvalue weighted by Gasteiger charge is -2.22. The minimum Gasteiger partial charge on any atom is -0.478 e. The van der Waals surface area contributed by atoms with Crippen LogP contribution in [0.4, 0.5) is 4.79 Å². The van der Waals surface area contributed by atoms with E-state index in [0.717, 1.165) is 6.54 Å². The van der Waals surface area contributed by atoms with Gasteiger partial charge in [0.05, 0.1) is 5.56 Å². The second-order valence-corrected chi connectivity index (χ2v) is 10.1. The van der Waals surface area contributed by atoms with Gasteiger partial charge in [-0.3, -0.25) is 0 Å². The number of rotatable bonds is 7. The zero-order valence-corrected chi connectivity index (χ0v) is 20.8. The molecule has 1 aliphatic heterocycles. The number of hydrogen-bond donors (Lipinski definition) is 2. The molecule has 6 nitrogen and oxygen atoms in total. The number of thiophene rings is 1. The smallest absolute Gasteiger partial charge is 0.415 e. The lowest BCUT2D eigenvalue weighted by molar-refractivity contribution is 0.0697. The van der Waals surface area contributed by atoms with E-state index in [2.05, 4.69) is 54.0 Å². The fourth-order valence-electron chi connectivity index (χ4n) is 4.91. The number of carbonyl (C=O) groups excluding carboxylic acids is 1. The maximum Gasteiger partial charge on any atom is 0.415 e. The molecule has 7 heteroatoms. The first kappa shape index (κ1) is 24.0. The Hall–Kier alpha value is -3.68. The summed E-state index contributed by atoms with van der Waals surface area (Å²) in [7, 11) is 0. The third kappa shape index (κ3) is 5.12. The highest BCUT2D eigenvalue weighted by Crippen LogP contribution is 2.34. The van der Waals surface area contributed by atoms with Gasteiger partial charge in [0.1, 0.15) is 5.75 Å². The fourth-order valence-corrected chi connectivity index (χ4v) is 5.96. The standard InChI is InChI=1S/C29H28N2O4S/c1-19(26-18-36-27-10-6-5-9-24(26)27)30-15-22-16-31(17-25(22)20-7-3-2-4-8-20)29(34)35-23-13-11-21(12-14-23)28(32)33/h2-14,18-19,22,25,30H,15-17H2,1H3,(H,32,33)/t19-,22+,25-/m1/s1. The molecule has 1 aliphatic rings. The van der Waals surface area contributed by atoms with E-state index in [1.165, 1.54) is 45.5 Å². The molecule has 3 atom stereocenters. The summed E-state index contributed by atoms with van der Waals surface area (Å²) in [4.78, 5) is 25.8. The van der Waals surface area contributed by atoms with Gasteiger partial charge in [-0.05, 0) is 65.1 Å². The molecule has 184 valence electrons. The lowest BCUT2D eigenvalue weighted by Crippen LogP contribution is -2.33. The Bertz CT molecular complexity index is 1350. The highest BCUT2D eigenvalue weighted by atomic mass is 32.1. The Morgan fingerprint density at radius 2 is 1.75 bits per heavy atom. The number of amides is 1. The molecule has 1 saturated heterocycles. The van der Waals surface area contributed by atoms with Crippen LogP contribution in [0.5, 0.6) is 5.75 Å². The number of nitrogens with one attached hydrogen (secondary N) is 1. The number of hydrogen-bond acceptors (Lipinski definition) is 5. The van der Waals surface area contributed by atoms with Crippen molar-refractivity contribution >= 4 is 33.5 Å². The minimum atomic E-state index is -1.02. The molecule has 5 rings (SSSR count).